The zero-order valence-corrected chi connectivity index (χ0v) is 11.7. The Labute approximate surface area is 106 Å². The van der Waals surface area contributed by atoms with Gasteiger partial charge in [-0.15, -0.1) is 0 Å². The van der Waals surface area contributed by atoms with Crippen molar-refractivity contribution in [3.05, 3.63) is 29.8 Å². The lowest BCUT2D eigenvalue weighted by Crippen LogP contribution is -2.45. The molecule has 1 aromatic carbocycles. The largest absolute Gasteiger partial charge is 0.372 e. The lowest BCUT2D eigenvalue weighted by atomic mass is 10.1. The van der Waals surface area contributed by atoms with Gasteiger partial charge in [0, 0.05) is 18.8 Å². The highest BCUT2D eigenvalue weighted by molar-refractivity contribution is 5.48. The van der Waals surface area contributed by atoms with E-state index in [0.717, 1.165) is 13.1 Å². The average molecular weight is 235 g/mol. The molecule has 96 valence electrons. The van der Waals surface area contributed by atoms with Crippen LogP contribution in [-0.4, -0.2) is 25.3 Å². The van der Waals surface area contributed by atoms with Gasteiger partial charge in [-0.3, -0.25) is 0 Å². The van der Waals surface area contributed by atoms with Crippen LogP contribution in [0.1, 0.15) is 33.3 Å². The van der Waals surface area contributed by atoms with E-state index >= 15 is 0 Å². The number of aryl methyl sites for hydroxylation is 1. The number of hydrogen-bond donors (Lipinski definition) is 0. The predicted molar refractivity (Wildman–Crippen MR) is 74.7 cm³/mol. The molecule has 0 N–H and O–H groups in total. The van der Waals surface area contributed by atoms with Crippen LogP contribution in [0.5, 0.6) is 0 Å². The molecule has 1 aromatic rings. The number of benzene rings is 1. The molecule has 0 aliphatic carbocycles. The van der Waals surface area contributed by atoms with E-state index in [1.165, 1.54) is 11.3 Å². The van der Waals surface area contributed by atoms with Crippen molar-refractivity contribution >= 4 is 5.69 Å². The van der Waals surface area contributed by atoms with E-state index in [9.17, 15) is 0 Å². The Hall–Kier alpha value is -1.02. The van der Waals surface area contributed by atoms with E-state index < -0.39 is 0 Å². The number of anilines is 1. The van der Waals surface area contributed by atoms with Gasteiger partial charge in [-0.1, -0.05) is 31.5 Å². The van der Waals surface area contributed by atoms with Gasteiger partial charge in [-0.2, -0.15) is 0 Å². The molecular weight excluding hydrogens is 210 g/mol. The van der Waals surface area contributed by atoms with Crippen molar-refractivity contribution in [3.8, 4) is 0 Å². The summed E-state index contributed by atoms with van der Waals surface area (Å²) in [6, 6.07) is 8.72. The fourth-order valence-corrected chi connectivity index (χ4v) is 2.14. The van der Waals surface area contributed by atoms with E-state index in [1.807, 2.05) is 13.8 Å². The van der Waals surface area contributed by atoms with Gasteiger partial charge in [0.15, 0.2) is 0 Å². The zero-order chi connectivity index (χ0) is 12.8. The Morgan fingerprint density at radius 1 is 1.00 bits per heavy atom. The van der Waals surface area contributed by atoms with Crippen LogP contribution in [0.25, 0.3) is 0 Å². The third-order valence-electron chi connectivity index (χ3n) is 2.82. The molecule has 0 amide bonds. The molecule has 2 rings (SSSR count). The Kier molecular flexibility index (Phi) is 5.49. The van der Waals surface area contributed by atoms with Gasteiger partial charge in [-0.25, -0.2) is 0 Å². The van der Waals surface area contributed by atoms with Gasteiger partial charge in [0.1, 0.15) is 0 Å². The quantitative estimate of drug-likeness (QED) is 0.737. The van der Waals surface area contributed by atoms with Crippen LogP contribution in [0.2, 0.25) is 0 Å². The average Bonchev–Trinajstić information content (AvgIpc) is 2.31. The van der Waals surface area contributed by atoms with Gasteiger partial charge < -0.3 is 9.64 Å². The second-order valence-corrected chi connectivity index (χ2v) is 4.50. The summed E-state index contributed by atoms with van der Waals surface area (Å²) in [4.78, 5) is 2.40. The Bertz CT molecular complexity index is 310. The SMILES string of the molecule is CC.Cc1ccc(N2CC(C)OC(C)C2)cc1. The lowest BCUT2D eigenvalue weighted by molar-refractivity contribution is -0.00521. The van der Waals surface area contributed by atoms with E-state index in [-0.39, 0.29) is 0 Å². The van der Waals surface area contributed by atoms with Crippen molar-refractivity contribution in [2.24, 2.45) is 0 Å². The number of morpholine rings is 1. The summed E-state index contributed by atoms with van der Waals surface area (Å²) in [5, 5.41) is 0. The molecule has 0 aromatic heterocycles. The predicted octanol–water partition coefficient (Wildman–Crippen LogP) is 3.63. The van der Waals surface area contributed by atoms with Crippen molar-refractivity contribution in [2.45, 2.75) is 46.8 Å². The third-order valence-corrected chi connectivity index (χ3v) is 2.82. The van der Waals surface area contributed by atoms with Crippen LogP contribution < -0.4 is 4.90 Å². The highest BCUT2D eigenvalue weighted by Gasteiger charge is 2.21. The van der Waals surface area contributed by atoms with Crippen molar-refractivity contribution in [2.75, 3.05) is 18.0 Å². The van der Waals surface area contributed by atoms with Crippen molar-refractivity contribution in [1.82, 2.24) is 0 Å². The highest BCUT2D eigenvalue weighted by atomic mass is 16.5. The van der Waals surface area contributed by atoms with Crippen LogP contribution in [0, 0.1) is 6.92 Å². The molecule has 2 atom stereocenters. The maximum absolute atomic E-state index is 5.72. The van der Waals surface area contributed by atoms with Crippen LogP contribution in [0.4, 0.5) is 5.69 Å². The molecule has 0 saturated carbocycles. The van der Waals surface area contributed by atoms with Gasteiger partial charge in [0.05, 0.1) is 12.2 Å². The highest BCUT2D eigenvalue weighted by Crippen LogP contribution is 2.20. The van der Waals surface area contributed by atoms with E-state index in [4.69, 9.17) is 4.74 Å². The van der Waals surface area contributed by atoms with E-state index in [2.05, 4.69) is 49.9 Å². The van der Waals surface area contributed by atoms with Gasteiger partial charge >= 0.3 is 0 Å². The molecule has 2 heteroatoms. The van der Waals surface area contributed by atoms with Crippen molar-refractivity contribution in [3.63, 3.8) is 0 Å². The zero-order valence-electron chi connectivity index (χ0n) is 11.7. The molecule has 0 spiro atoms. The normalized spacial score (nSPS) is 23.9. The molecule has 2 unspecified atom stereocenters. The van der Waals surface area contributed by atoms with Gasteiger partial charge in [-0.05, 0) is 32.9 Å². The number of rotatable bonds is 1. The summed E-state index contributed by atoms with van der Waals surface area (Å²) in [5.74, 6) is 0. The Morgan fingerprint density at radius 3 is 1.94 bits per heavy atom. The summed E-state index contributed by atoms with van der Waals surface area (Å²) in [6.45, 7) is 12.4. The molecule has 17 heavy (non-hydrogen) atoms. The second-order valence-electron chi connectivity index (χ2n) is 4.50. The molecule has 1 aliphatic rings. The molecule has 1 heterocycles. The van der Waals surface area contributed by atoms with Gasteiger partial charge in [0.2, 0.25) is 0 Å². The minimum absolute atomic E-state index is 0.329. The lowest BCUT2D eigenvalue weighted by Gasteiger charge is -2.36. The first kappa shape index (κ1) is 14.0. The van der Waals surface area contributed by atoms with Crippen molar-refractivity contribution in [1.29, 1.82) is 0 Å². The van der Waals surface area contributed by atoms with Crippen LogP contribution in [0.3, 0.4) is 0 Å². The summed E-state index contributed by atoms with van der Waals surface area (Å²) >= 11 is 0. The summed E-state index contributed by atoms with van der Waals surface area (Å²) in [6.07, 6.45) is 0.658. The molecule has 1 fully saturated rings. The molecule has 2 nitrogen and oxygen atoms in total. The van der Waals surface area contributed by atoms with Crippen LogP contribution in [0.15, 0.2) is 24.3 Å². The maximum atomic E-state index is 5.72. The minimum atomic E-state index is 0.329. The molecule has 0 bridgehead atoms. The summed E-state index contributed by atoms with van der Waals surface area (Å²) in [7, 11) is 0. The van der Waals surface area contributed by atoms with Gasteiger partial charge in [0.25, 0.3) is 0 Å². The Morgan fingerprint density at radius 2 is 1.47 bits per heavy atom. The topological polar surface area (TPSA) is 12.5 Å². The monoisotopic (exact) mass is 235 g/mol. The maximum Gasteiger partial charge on any atom is 0.0726 e. The standard InChI is InChI=1S/C13H19NO.C2H6/c1-10-4-6-13(7-5-10)14-8-11(2)15-12(3)9-14;1-2/h4-7,11-12H,8-9H2,1-3H3;1-2H3. The molecule has 1 saturated heterocycles. The number of ether oxygens (including phenoxy) is 1. The second kappa shape index (κ2) is 6.65. The van der Waals surface area contributed by atoms with Crippen LogP contribution >= 0.6 is 0 Å². The summed E-state index contributed by atoms with van der Waals surface area (Å²) in [5.41, 5.74) is 2.62. The summed E-state index contributed by atoms with van der Waals surface area (Å²) < 4.78 is 5.72. The third kappa shape index (κ3) is 4.04. The van der Waals surface area contributed by atoms with Crippen LogP contribution in [-0.2, 0) is 4.74 Å². The van der Waals surface area contributed by atoms with E-state index in [1.54, 1.807) is 0 Å². The first-order chi connectivity index (χ1) is 8.15. The fourth-order valence-electron chi connectivity index (χ4n) is 2.14. The molecule has 0 radical (unpaired) electrons. The first-order valence-electron chi connectivity index (χ1n) is 6.62. The number of nitrogens with zero attached hydrogens (tertiary/aromatic N) is 1. The molecular formula is C15H25NO. The minimum Gasteiger partial charge on any atom is -0.372 e. The van der Waals surface area contributed by atoms with Crippen molar-refractivity contribution < 1.29 is 4.74 Å². The molecule has 1 aliphatic heterocycles. The smallest absolute Gasteiger partial charge is 0.0726 e. The fraction of sp³-hybridized carbons (Fsp3) is 0.600. The first-order valence-corrected chi connectivity index (χ1v) is 6.62. The Balaban J connectivity index is 0.000000686. The number of hydrogen-bond acceptors (Lipinski definition) is 2. The van der Waals surface area contributed by atoms with E-state index in [0.29, 0.717) is 12.2 Å².